The lowest BCUT2D eigenvalue weighted by molar-refractivity contribution is 0.0685. The molecule has 1 rings (SSSR count). The number of hydrogen-bond acceptors (Lipinski definition) is 2. The lowest BCUT2D eigenvalue weighted by Gasteiger charge is -2.42. The Kier molecular flexibility index (Phi) is 5.67. The van der Waals surface area contributed by atoms with Crippen molar-refractivity contribution in [2.45, 2.75) is 91.9 Å². The van der Waals surface area contributed by atoms with Crippen LogP contribution in [-0.4, -0.2) is 35.6 Å². The van der Waals surface area contributed by atoms with Gasteiger partial charge >= 0.3 is 0 Å². The molecule has 2 nitrogen and oxygen atoms in total. The van der Waals surface area contributed by atoms with Gasteiger partial charge in [-0.05, 0) is 45.1 Å². The van der Waals surface area contributed by atoms with Gasteiger partial charge in [0.1, 0.15) is 0 Å². The number of likely N-dealkylation sites (tertiary alicyclic amines) is 1. The molecule has 1 unspecified atom stereocenters. The van der Waals surface area contributed by atoms with Crippen LogP contribution in [0.4, 0.5) is 0 Å². The van der Waals surface area contributed by atoms with Crippen LogP contribution >= 0.6 is 0 Å². The molecular weight excluding hydrogens is 220 g/mol. The van der Waals surface area contributed by atoms with Crippen LogP contribution in [-0.2, 0) is 0 Å². The van der Waals surface area contributed by atoms with Crippen LogP contribution < -0.4 is 5.32 Å². The normalized spacial score (nSPS) is 27.8. The van der Waals surface area contributed by atoms with Crippen molar-refractivity contribution in [2.24, 2.45) is 5.41 Å². The highest BCUT2D eigenvalue weighted by molar-refractivity contribution is 4.91. The minimum atomic E-state index is 0.367. The van der Waals surface area contributed by atoms with Crippen LogP contribution in [0.3, 0.4) is 0 Å². The summed E-state index contributed by atoms with van der Waals surface area (Å²) >= 11 is 0. The Morgan fingerprint density at radius 2 is 1.72 bits per heavy atom. The second kappa shape index (κ2) is 6.38. The first-order chi connectivity index (χ1) is 8.21. The van der Waals surface area contributed by atoms with E-state index < -0.39 is 0 Å². The van der Waals surface area contributed by atoms with Gasteiger partial charge in [0.25, 0.3) is 0 Å². The summed E-state index contributed by atoms with van der Waals surface area (Å²) in [7, 11) is 0. The van der Waals surface area contributed by atoms with Gasteiger partial charge in [-0.1, -0.05) is 34.6 Å². The predicted molar refractivity (Wildman–Crippen MR) is 81.0 cm³/mol. The van der Waals surface area contributed by atoms with Crippen LogP contribution in [0.2, 0.25) is 0 Å². The molecule has 0 aromatic rings. The van der Waals surface area contributed by atoms with Gasteiger partial charge in [0, 0.05) is 24.2 Å². The summed E-state index contributed by atoms with van der Waals surface area (Å²) in [5.41, 5.74) is 0.367. The van der Waals surface area contributed by atoms with Crippen molar-refractivity contribution >= 4 is 0 Å². The number of rotatable bonds is 3. The minimum Gasteiger partial charge on any atom is -0.312 e. The second-order valence-electron chi connectivity index (χ2n) is 7.61. The summed E-state index contributed by atoms with van der Waals surface area (Å²) in [5, 5.41) is 3.76. The molecule has 18 heavy (non-hydrogen) atoms. The Morgan fingerprint density at radius 3 is 2.17 bits per heavy atom. The van der Waals surface area contributed by atoms with Crippen LogP contribution in [0.25, 0.3) is 0 Å². The van der Waals surface area contributed by atoms with Gasteiger partial charge in [-0.15, -0.1) is 0 Å². The van der Waals surface area contributed by atoms with Gasteiger partial charge in [0.2, 0.25) is 0 Å². The van der Waals surface area contributed by atoms with Gasteiger partial charge in [-0.25, -0.2) is 0 Å². The first-order valence-electron chi connectivity index (χ1n) is 7.73. The van der Waals surface area contributed by atoms with E-state index in [-0.39, 0.29) is 0 Å². The van der Waals surface area contributed by atoms with E-state index in [4.69, 9.17) is 0 Å². The predicted octanol–water partition coefficient (Wildman–Crippen LogP) is 3.66. The first kappa shape index (κ1) is 16.0. The molecular formula is C16H34N2. The molecule has 0 amide bonds. The van der Waals surface area contributed by atoms with Crippen LogP contribution in [0, 0.1) is 5.41 Å². The topological polar surface area (TPSA) is 15.3 Å². The second-order valence-corrected chi connectivity index (χ2v) is 7.61. The Balaban J connectivity index is 2.81. The van der Waals surface area contributed by atoms with Crippen molar-refractivity contribution in [3.05, 3.63) is 0 Å². The molecule has 1 N–H and O–H groups in total. The maximum absolute atomic E-state index is 3.76. The molecule has 0 spiro atoms. The number of nitrogens with one attached hydrogen (secondary N) is 1. The fourth-order valence-corrected chi connectivity index (χ4v) is 3.29. The fraction of sp³-hybridized carbons (Fsp3) is 1.00. The Labute approximate surface area is 115 Å². The fourth-order valence-electron chi connectivity index (χ4n) is 3.29. The van der Waals surface area contributed by atoms with E-state index in [2.05, 4.69) is 58.7 Å². The van der Waals surface area contributed by atoms with Crippen molar-refractivity contribution in [2.75, 3.05) is 6.54 Å². The van der Waals surface area contributed by atoms with E-state index in [9.17, 15) is 0 Å². The van der Waals surface area contributed by atoms with Crippen LogP contribution in [0.1, 0.15) is 67.7 Å². The third-order valence-electron chi connectivity index (χ3n) is 4.11. The molecule has 1 heterocycles. The Hall–Kier alpha value is -0.0800. The van der Waals surface area contributed by atoms with E-state index in [0.717, 1.165) is 0 Å². The Bertz CT molecular complexity index is 240. The summed E-state index contributed by atoms with van der Waals surface area (Å²) in [6, 6.07) is 2.64. The molecule has 0 radical (unpaired) electrons. The van der Waals surface area contributed by atoms with Crippen molar-refractivity contribution in [3.8, 4) is 0 Å². The summed E-state index contributed by atoms with van der Waals surface area (Å²) in [4.78, 5) is 2.72. The highest BCUT2D eigenvalue weighted by Crippen LogP contribution is 2.32. The zero-order valence-electron chi connectivity index (χ0n) is 13.6. The molecule has 1 fully saturated rings. The zero-order chi connectivity index (χ0) is 13.9. The molecule has 0 aliphatic carbocycles. The molecule has 108 valence electrons. The summed E-state index contributed by atoms with van der Waals surface area (Å²) < 4.78 is 0. The highest BCUT2D eigenvalue weighted by atomic mass is 15.2. The first-order valence-corrected chi connectivity index (χ1v) is 7.73. The number of nitrogens with zero attached hydrogens (tertiary/aromatic N) is 1. The van der Waals surface area contributed by atoms with Crippen molar-refractivity contribution < 1.29 is 0 Å². The molecule has 1 saturated heterocycles. The molecule has 0 saturated carbocycles. The van der Waals surface area contributed by atoms with Crippen LogP contribution in [0.5, 0.6) is 0 Å². The smallest absolute Gasteiger partial charge is 0.0161 e. The molecule has 2 atom stereocenters. The molecule has 1 aliphatic heterocycles. The van der Waals surface area contributed by atoms with Crippen molar-refractivity contribution in [1.82, 2.24) is 10.2 Å². The van der Waals surface area contributed by atoms with Gasteiger partial charge in [0.15, 0.2) is 0 Å². The van der Waals surface area contributed by atoms with Gasteiger partial charge in [-0.2, -0.15) is 0 Å². The van der Waals surface area contributed by atoms with E-state index in [1.165, 1.54) is 25.8 Å². The molecule has 1 aliphatic rings. The third kappa shape index (κ3) is 4.55. The lowest BCUT2D eigenvalue weighted by Crippen LogP contribution is -2.49. The zero-order valence-corrected chi connectivity index (χ0v) is 13.6. The van der Waals surface area contributed by atoms with Gasteiger partial charge in [0.05, 0.1) is 0 Å². The van der Waals surface area contributed by atoms with E-state index in [0.29, 0.717) is 29.6 Å². The van der Waals surface area contributed by atoms with E-state index in [1.54, 1.807) is 0 Å². The molecule has 0 bridgehead atoms. The number of hydrogen-bond donors (Lipinski definition) is 1. The van der Waals surface area contributed by atoms with E-state index in [1.807, 2.05) is 0 Å². The lowest BCUT2D eigenvalue weighted by atomic mass is 9.81. The van der Waals surface area contributed by atoms with Gasteiger partial charge in [-0.3, -0.25) is 4.90 Å². The van der Waals surface area contributed by atoms with Crippen molar-refractivity contribution in [1.29, 1.82) is 0 Å². The quantitative estimate of drug-likeness (QED) is 0.827. The summed E-state index contributed by atoms with van der Waals surface area (Å²) in [5.74, 6) is 0. The largest absolute Gasteiger partial charge is 0.312 e. The maximum Gasteiger partial charge on any atom is 0.0161 e. The van der Waals surface area contributed by atoms with Crippen LogP contribution in [0.15, 0.2) is 0 Å². The SMILES string of the molecule is CC(C)NC1CCCN(C(C)C)[C@H](C(C)(C)C)C1. The molecule has 0 aromatic heterocycles. The Morgan fingerprint density at radius 1 is 1.11 bits per heavy atom. The summed E-state index contributed by atoms with van der Waals surface area (Å²) in [6.45, 7) is 17.6. The standard InChI is InChI=1S/C16H34N2/c1-12(2)17-14-9-8-10-18(13(3)4)15(11-14)16(5,6)7/h12-15,17H,8-11H2,1-7H3/t14?,15-/m0/s1. The van der Waals surface area contributed by atoms with E-state index >= 15 is 0 Å². The third-order valence-corrected chi connectivity index (χ3v) is 4.11. The summed E-state index contributed by atoms with van der Waals surface area (Å²) in [6.07, 6.45) is 3.95. The minimum absolute atomic E-state index is 0.367. The molecule has 2 heteroatoms. The average molecular weight is 254 g/mol. The average Bonchev–Trinajstić information content (AvgIpc) is 2.38. The van der Waals surface area contributed by atoms with Crippen molar-refractivity contribution in [3.63, 3.8) is 0 Å². The van der Waals surface area contributed by atoms with Gasteiger partial charge < -0.3 is 5.32 Å². The maximum atomic E-state index is 3.76. The highest BCUT2D eigenvalue weighted by Gasteiger charge is 2.35. The monoisotopic (exact) mass is 254 g/mol. The molecule has 0 aromatic carbocycles.